The lowest BCUT2D eigenvalue weighted by Gasteiger charge is -2.07. The van der Waals surface area contributed by atoms with Crippen LogP contribution in [-0.4, -0.2) is 12.1 Å². The van der Waals surface area contributed by atoms with E-state index in [-0.39, 0.29) is 11.7 Å². The topological polar surface area (TPSA) is 34.1 Å². The molecule has 0 aliphatic heterocycles. The molecule has 14 heavy (non-hydrogen) atoms. The third-order valence-corrected chi connectivity index (χ3v) is 2.47. The minimum Gasteiger partial charge on any atom is -0.303 e. The zero-order valence-electron chi connectivity index (χ0n) is 9.42. The summed E-state index contributed by atoms with van der Waals surface area (Å²) in [4.78, 5) is 22.2. The molecule has 0 aliphatic rings. The standard InChI is InChI=1S/C12H22O2/c1-3-5-7-9-12(14)11(10-13)8-6-4-2/h10-11H,3-9H2,1-2H3. The molecule has 1 atom stereocenters. The monoisotopic (exact) mass is 198 g/mol. The van der Waals surface area contributed by atoms with E-state index in [4.69, 9.17) is 0 Å². The van der Waals surface area contributed by atoms with Gasteiger partial charge in [0.05, 0.1) is 5.92 Å². The van der Waals surface area contributed by atoms with E-state index in [2.05, 4.69) is 13.8 Å². The van der Waals surface area contributed by atoms with Gasteiger partial charge in [0.1, 0.15) is 12.1 Å². The summed E-state index contributed by atoms with van der Waals surface area (Å²) in [6.07, 6.45) is 7.32. The first kappa shape index (κ1) is 13.3. The maximum absolute atomic E-state index is 11.5. The molecular formula is C12H22O2. The fourth-order valence-corrected chi connectivity index (χ4v) is 1.46. The highest BCUT2D eigenvalue weighted by Crippen LogP contribution is 2.11. The summed E-state index contributed by atoms with van der Waals surface area (Å²) in [6, 6.07) is 0. The van der Waals surface area contributed by atoms with Crippen molar-refractivity contribution in [1.29, 1.82) is 0 Å². The molecule has 0 rings (SSSR count). The van der Waals surface area contributed by atoms with Crippen LogP contribution in [0.5, 0.6) is 0 Å². The fraction of sp³-hybridized carbons (Fsp3) is 0.833. The molecule has 0 N–H and O–H groups in total. The highest BCUT2D eigenvalue weighted by Gasteiger charge is 2.15. The van der Waals surface area contributed by atoms with Crippen molar-refractivity contribution < 1.29 is 9.59 Å². The van der Waals surface area contributed by atoms with Crippen LogP contribution in [0.3, 0.4) is 0 Å². The number of hydrogen-bond acceptors (Lipinski definition) is 2. The number of carbonyl (C=O) groups excluding carboxylic acids is 2. The van der Waals surface area contributed by atoms with E-state index < -0.39 is 0 Å². The molecule has 0 saturated heterocycles. The zero-order chi connectivity index (χ0) is 10.8. The van der Waals surface area contributed by atoms with Crippen LogP contribution in [0, 0.1) is 5.92 Å². The second-order valence-corrected chi connectivity index (χ2v) is 3.81. The molecule has 0 aliphatic carbocycles. The van der Waals surface area contributed by atoms with Crippen LogP contribution in [-0.2, 0) is 9.59 Å². The lowest BCUT2D eigenvalue weighted by Crippen LogP contribution is -2.15. The second kappa shape index (κ2) is 8.92. The SMILES string of the molecule is CCCCCC(=O)C(C=O)CCCC. The van der Waals surface area contributed by atoms with Crippen LogP contribution >= 0.6 is 0 Å². The molecule has 2 nitrogen and oxygen atoms in total. The van der Waals surface area contributed by atoms with Crippen LogP contribution in [0.15, 0.2) is 0 Å². The normalized spacial score (nSPS) is 12.4. The van der Waals surface area contributed by atoms with Crippen molar-refractivity contribution in [3.05, 3.63) is 0 Å². The molecule has 0 bridgehead atoms. The van der Waals surface area contributed by atoms with Crippen molar-refractivity contribution in [3.8, 4) is 0 Å². The summed E-state index contributed by atoms with van der Waals surface area (Å²) >= 11 is 0. The van der Waals surface area contributed by atoms with Crippen molar-refractivity contribution >= 4 is 12.1 Å². The number of hydrogen-bond donors (Lipinski definition) is 0. The van der Waals surface area contributed by atoms with E-state index >= 15 is 0 Å². The van der Waals surface area contributed by atoms with Gasteiger partial charge in [0, 0.05) is 6.42 Å². The van der Waals surface area contributed by atoms with Crippen molar-refractivity contribution in [2.24, 2.45) is 5.92 Å². The molecule has 2 heteroatoms. The molecule has 0 spiro atoms. The van der Waals surface area contributed by atoms with Gasteiger partial charge in [-0.1, -0.05) is 39.5 Å². The van der Waals surface area contributed by atoms with Gasteiger partial charge in [0.2, 0.25) is 0 Å². The number of ketones is 1. The maximum atomic E-state index is 11.5. The summed E-state index contributed by atoms with van der Waals surface area (Å²) in [5.41, 5.74) is 0. The van der Waals surface area contributed by atoms with Gasteiger partial charge in [0.15, 0.2) is 0 Å². The van der Waals surface area contributed by atoms with Crippen LogP contribution in [0.25, 0.3) is 0 Å². The summed E-state index contributed by atoms with van der Waals surface area (Å²) in [5.74, 6) is -0.186. The van der Waals surface area contributed by atoms with Gasteiger partial charge in [-0.25, -0.2) is 0 Å². The lowest BCUT2D eigenvalue weighted by atomic mass is 9.95. The number of Topliss-reactive ketones (excluding diaryl/α,β-unsaturated/α-hetero) is 1. The minimum absolute atomic E-state index is 0.141. The number of unbranched alkanes of at least 4 members (excludes halogenated alkanes) is 3. The first-order valence-corrected chi connectivity index (χ1v) is 5.74. The molecule has 0 radical (unpaired) electrons. The Labute approximate surface area is 87.1 Å². The molecule has 0 fully saturated rings. The first-order valence-electron chi connectivity index (χ1n) is 5.74. The first-order chi connectivity index (χ1) is 6.76. The largest absolute Gasteiger partial charge is 0.303 e. The summed E-state index contributed by atoms with van der Waals surface area (Å²) in [7, 11) is 0. The lowest BCUT2D eigenvalue weighted by molar-refractivity contribution is -0.127. The molecule has 1 unspecified atom stereocenters. The molecule has 0 amide bonds. The summed E-state index contributed by atoms with van der Waals surface area (Å²) in [6.45, 7) is 4.18. The van der Waals surface area contributed by atoms with E-state index in [0.717, 1.165) is 44.8 Å². The average molecular weight is 198 g/mol. The quantitative estimate of drug-likeness (QED) is 0.324. The Morgan fingerprint density at radius 3 is 2.29 bits per heavy atom. The van der Waals surface area contributed by atoms with E-state index in [0.29, 0.717) is 6.42 Å². The van der Waals surface area contributed by atoms with Crippen LogP contribution in [0.2, 0.25) is 0 Å². The summed E-state index contributed by atoms with van der Waals surface area (Å²) in [5, 5.41) is 0. The second-order valence-electron chi connectivity index (χ2n) is 3.81. The Kier molecular flexibility index (Phi) is 8.50. The Hall–Kier alpha value is -0.660. The number of carbonyl (C=O) groups is 2. The summed E-state index contributed by atoms with van der Waals surface area (Å²) < 4.78 is 0. The van der Waals surface area contributed by atoms with Crippen molar-refractivity contribution in [1.82, 2.24) is 0 Å². The Morgan fingerprint density at radius 2 is 1.79 bits per heavy atom. The fourth-order valence-electron chi connectivity index (χ4n) is 1.46. The van der Waals surface area contributed by atoms with E-state index in [1.165, 1.54) is 0 Å². The molecule has 0 saturated carbocycles. The maximum Gasteiger partial charge on any atom is 0.143 e. The van der Waals surface area contributed by atoms with Gasteiger partial charge in [-0.05, 0) is 12.8 Å². The Morgan fingerprint density at radius 1 is 1.14 bits per heavy atom. The molecule has 82 valence electrons. The third-order valence-electron chi connectivity index (χ3n) is 2.47. The average Bonchev–Trinajstić information content (AvgIpc) is 2.19. The minimum atomic E-state index is -0.327. The molecular weight excluding hydrogens is 176 g/mol. The molecule has 0 aromatic rings. The van der Waals surface area contributed by atoms with Crippen LogP contribution in [0.4, 0.5) is 0 Å². The third kappa shape index (κ3) is 5.90. The van der Waals surface area contributed by atoms with Crippen molar-refractivity contribution in [3.63, 3.8) is 0 Å². The van der Waals surface area contributed by atoms with E-state index in [9.17, 15) is 9.59 Å². The van der Waals surface area contributed by atoms with Gasteiger partial charge >= 0.3 is 0 Å². The number of rotatable bonds is 9. The molecule has 0 aromatic heterocycles. The van der Waals surface area contributed by atoms with Gasteiger partial charge in [-0.3, -0.25) is 4.79 Å². The van der Waals surface area contributed by atoms with Crippen LogP contribution < -0.4 is 0 Å². The Bertz CT molecular complexity index is 164. The van der Waals surface area contributed by atoms with Gasteiger partial charge < -0.3 is 4.79 Å². The van der Waals surface area contributed by atoms with Gasteiger partial charge in [-0.15, -0.1) is 0 Å². The van der Waals surface area contributed by atoms with Gasteiger partial charge in [0.25, 0.3) is 0 Å². The van der Waals surface area contributed by atoms with Crippen LogP contribution in [0.1, 0.15) is 58.8 Å². The number of aldehydes is 1. The van der Waals surface area contributed by atoms with Crippen molar-refractivity contribution in [2.45, 2.75) is 58.8 Å². The smallest absolute Gasteiger partial charge is 0.143 e. The highest BCUT2D eigenvalue weighted by molar-refractivity contribution is 5.93. The van der Waals surface area contributed by atoms with Gasteiger partial charge in [-0.2, -0.15) is 0 Å². The molecule has 0 aromatic carbocycles. The van der Waals surface area contributed by atoms with E-state index in [1.807, 2.05) is 0 Å². The predicted octanol–water partition coefficient (Wildman–Crippen LogP) is 3.14. The van der Waals surface area contributed by atoms with E-state index in [1.54, 1.807) is 0 Å². The highest BCUT2D eigenvalue weighted by atomic mass is 16.1. The van der Waals surface area contributed by atoms with Crippen molar-refractivity contribution in [2.75, 3.05) is 0 Å². The molecule has 0 heterocycles. The predicted molar refractivity (Wildman–Crippen MR) is 58.2 cm³/mol. The zero-order valence-corrected chi connectivity index (χ0v) is 9.42. The Balaban J connectivity index is 3.73.